The minimum atomic E-state index is -1.48. The molecule has 4 aliphatic heterocycles. The molecule has 0 radical (unpaired) electrons. The molecular formula is C34H45ClN2O8. The van der Waals surface area contributed by atoms with Gasteiger partial charge in [-0.1, -0.05) is 42.3 Å². The van der Waals surface area contributed by atoms with Crippen LogP contribution in [0.3, 0.4) is 0 Å². The fraction of sp³-hybridized carbons (Fsp3) is 0.618. The van der Waals surface area contributed by atoms with Crippen LogP contribution in [0.4, 0.5) is 4.79 Å². The molecule has 2 aromatic carbocycles. The number of aliphatic hydroxyl groups is 3. The number of rotatable bonds is 8. The molecule has 4 aliphatic rings. The van der Waals surface area contributed by atoms with Gasteiger partial charge in [-0.2, -0.15) is 0 Å². The van der Waals surface area contributed by atoms with E-state index in [-0.39, 0.29) is 12.7 Å². The normalized spacial score (nSPS) is 29.9. The molecule has 10 nitrogen and oxygen atoms in total. The third-order valence-electron chi connectivity index (χ3n) is 9.62. The van der Waals surface area contributed by atoms with E-state index in [1.807, 2.05) is 30.3 Å². The van der Waals surface area contributed by atoms with Gasteiger partial charge in [0.1, 0.15) is 49.0 Å². The lowest BCUT2D eigenvalue weighted by Gasteiger charge is -2.41. The van der Waals surface area contributed by atoms with Crippen molar-refractivity contribution in [2.75, 3.05) is 46.0 Å². The zero-order valence-corrected chi connectivity index (χ0v) is 26.4. The van der Waals surface area contributed by atoms with E-state index < -0.39 is 36.6 Å². The summed E-state index contributed by atoms with van der Waals surface area (Å²) in [6.07, 6.45) is 0.389. The van der Waals surface area contributed by atoms with Crippen LogP contribution in [0.2, 0.25) is 5.02 Å². The van der Waals surface area contributed by atoms with Crippen LogP contribution in [0.1, 0.15) is 61.3 Å². The van der Waals surface area contributed by atoms with Gasteiger partial charge in [0.25, 0.3) is 0 Å². The van der Waals surface area contributed by atoms with Gasteiger partial charge in [0.05, 0.1) is 13.2 Å². The first-order valence-electron chi connectivity index (χ1n) is 16.3. The van der Waals surface area contributed by atoms with Crippen molar-refractivity contribution in [1.82, 2.24) is 9.80 Å². The van der Waals surface area contributed by atoms with Crippen LogP contribution in [-0.4, -0.2) is 114 Å². The summed E-state index contributed by atoms with van der Waals surface area (Å²) in [6, 6.07) is 13.7. The summed E-state index contributed by atoms with van der Waals surface area (Å²) in [5.74, 6) is 0.786. The number of hydrogen-bond acceptors (Lipinski definition) is 9. The van der Waals surface area contributed by atoms with Gasteiger partial charge in [0.15, 0.2) is 0 Å². The highest BCUT2D eigenvalue weighted by Gasteiger charge is 2.45. The number of amides is 1. The topological polar surface area (TPSA) is 121 Å². The number of piperidine rings is 2. The predicted molar refractivity (Wildman–Crippen MR) is 168 cm³/mol. The van der Waals surface area contributed by atoms with Crippen molar-refractivity contribution in [2.45, 2.75) is 87.6 Å². The molecule has 0 bridgehead atoms. The maximum absolute atomic E-state index is 12.9. The van der Waals surface area contributed by atoms with Crippen LogP contribution >= 0.6 is 11.6 Å². The second kappa shape index (κ2) is 15.0. The molecule has 0 saturated carbocycles. The van der Waals surface area contributed by atoms with Crippen LogP contribution in [-0.2, 0) is 20.6 Å². The van der Waals surface area contributed by atoms with Crippen LogP contribution < -0.4 is 4.74 Å². The Morgan fingerprint density at radius 1 is 0.911 bits per heavy atom. The molecule has 6 rings (SSSR count). The molecular weight excluding hydrogens is 600 g/mol. The number of nitrogens with zero attached hydrogens (tertiary/aromatic N) is 2. The minimum Gasteiger partial charge on any atom is -0.488 e. The first-order chi connectivity index (χ1) is 21.9. The maximum atomic E-state index is 12.9. The lowest BCUT2D eigenvalue weighted by atomic mass is 9.90. The van der Waals surface area contributed by atoms with Gasteiger partial charge in [-0.15, -0.1) is 0 Å². The molecule has 4 heterocycles. The Balaban J connectivity index is 1.05. The molecule has 0 spiro atoms. The Labute approximate surface area is 269 Å². The van der Waals surface area contributed by atoms with Crippen molar-refractivity contribution in [3.63, 3.8) is 0 Å². The number of ether oxygens (including phenoxy) is 4. The highest BCUT2D eigenvalue weighted by molar-refractivity contribution is 6.31. The van der Waals surface area contributed by atoms with Gasteiger partial charge in [-0.3, -0.25) is 0 Å². The number of hydrogen-bond donors (Lipinski definition) is 3. The lowest BCUT2D eigenvalue weighted by molar-refractivity contribution is -0.232. The molecule has 1 amide bonds. The quantitative estimate of drug-likeness (QED) is 0.395. The highest BCUT2D eigenvalue weighted by Crippen LogP contribution is 2.35. The summed E-state index contributed by atoms with van der Waals surface area (Å²) in [5.41, 5.74) is 2.44. The number of carbonyl (C=O) groups is 1. The Morgan fingerprint density at radius 3 is 2.38 bits per heavy atom. The van der Waals surface area contributed by atoms with E-state index in [1.165, 1.54) is 19.3 Å². The lowest BCUT2D eigenvalue weighted by Crippen LogP contribution is -2.56. The zero-order valence-electron chi connectivity index (χ0n) is 25.6. The van der Waals surface area contributed by atoms with Gasteiger partial charge in [-0.05, 0) is 80.1 Å². The van der Waals surface area contributed by atoms with E-state index in [1.54, 1.807) is 17.0 Å². The molecule has 0 aliphatic carbocycles. The van der Waals surface area contributed by atoms with E-state index in [0.29, 0.717) is 42.7 Å². The van der Waals surface area contributed by atoms with Crippen molar-refractivity contribution in [1.29, 1.82) is 0 Å². The standard InChI is InChI=1S/C34H45ClN2O8/c35-28-9-6-23(19-24(28)18-22-4-7-26(8-5-22)44-27-12-17-42-20-27)33-32(40)31(39)30(38)29(45-33)21-43-34(41)37-15-10-25(11-16-37)36-13-2-1-3-14-36/h4-9,19,25,27,29-33,38-40H,1-3,10-18,20-21H2/t27-,29-,30-,31+,32-,33+/m1/s1. The van der Waals surface area contributed by atoms with Crippen LogP contribution in [0, 0.1) is 0 Å². The largest absolute Gasteiger partial charge is 0.488 e. The van der Waals surface area contributed by atoms with Gasteiger partial charge < -0.3 is 44.1 Å². The average Bonchev–Trinajstić information content (AvgIpc) is 3.59. The van der Waals surface area contributed by atoms with Gasteiger partial charge in [-0.25, -0.2) is 4.79 Å². The molecule has 0 unspecified atom stereocenters. The Hall–Kier alpha value is -2.44. The minimum absolute atomic E-state index is 0.0759. The highest BCUT2D eigenvalue weighted by atomic mass is 35.5. The Bertz CT molecular complexity index is 1260. The first kappa shape index (κ1) is 32.5. The summed E-state index contributed by atoms with van der Waals surface area (Å²) >= 11 is 6.56. The second-order valence-electron chi connectivity index (χ2n) is 12.7. The van der Waals surface area contributed by atoms with Crippen molar-refractivity contribution in [3.8, 4) is 5.75 Å². The van der Waals surface area contributed by atoms with Crippen LogP contribution in [0.25, 0.3) is 0 Å². The third-order valence-corrected chi connectivity index (χ3v) is 9.99. The Kier molecular flexibility index (Phi) is 10.8. The van der Waals surface area contributed by atoms with E-state index >= 15 is 0 Å². The van der Waals surface area contributed by atoms with E-state index in [9.17, 15) is 20.1 Å². The molecule has 45 heavy (non-hydrogen) atoms. The molecule has 4 saturated heterocycles. The summed E-state index contributed by atoms with van der Waals surface area (Å²) in [7, 11) is 0. The number of benzene rings is 2. The smallest absolute Gasteiger partial charge is 0.409 e. The number of halogens is 1. The monoisotopic (exact) mass is 644 g/mol. The van der Waals surface area contributed by atoms with Crippen LogP contribution in [0.15, 0.2) is 42.5 Å². The van der Waals surface area contributed by atoms with Gasteiger partial charge >= 0.3 is 6.09 Å². The zero-order chi connectivity index (χ0) is 31.3. The summed E-state index contributed by atoms with van der Waals surface area (Å²) in [4.78, 5) is 17.2. The fourth-order valence-corrected chi connectivity index (χ4v) is 7.10. The fourth-order valence-electron chi connectivity index (χ4n) is 6.92. The summed E-state index contributed by atoms with van der Waals surface area (Å²) in [5, 5.41) is 32.9. The van der Waals surface area contributed by atoms with Gasteiger partial charge in [0.2, 0.25) is 0 Å². The van der Waals surface area contributed by atoms with Crippen LogP contribution in [0.5, 0.6) is 5.75 Å². The van der Waals surface area contributed by atoms with Crippen molar-refractivity contribution in [3.05, 3.63) is 64.2 Å². The van der Waals surface area contributed by atoms with Crippen molar-refractivity contribution < 1.29 is 39.1 Å². The molecule has 6 atom stereocenters. The van der Waals surface area contributed by atoms with E-state index in [2.05, 4.69) is 4.90 Å². The van der Waals surface area contributed by atoms with Crippen molar-refractivity contribution in [2.24, 2.45) is 0 Å². The molecule has 246 valence electrons. The van der Waals surface area contributed by atoms with E-state index in [4.69, 9.17) is 30.5 Å². The summed E-state index contributed by atoms with van der Waals surface area (Å²) in [6.45, 7) is 4.59. The SMILES string of the molecule is O=C(OC[C@H]1O[C@@H](c2ccc(Cl)c(Cc3ccc(O[C@@H]4CCOC4)cc3)c2)[C@H](O)[C@@H](O)[C@@H]1O)N1CCC(N2CCCCC2)CC1. The molecule has 2 aromatic rings. The average molecular weight is 645 g/mol. The number of aliphatic hydroxyl groups excluding tert-OH is 3. The summed E-state index contributed by atoms with van der Waals surface area (Å²) < 4.78 is 23.0. The predicted octanol–water partition coefficient (Wildman–Crippen LogP) is 3.71. The van der Waals surface area contributed by atoms with Gasteiger partial charge in [0, 0.05) is 30.6 Å². The van der Waals surface area contributed by atoms with E-state index in [0.717, 1.165) is 55.8 Å². The number of carbonyl (C=O) groups excluding carboxylic acids is 1. The number of likely N-dealkylation sites (tertiary alicyclic amines) is 2. The molecule has 4 fully saturated rings. The molecule has 3 N–H and O–H groups in total. The second-order valence-corrected chi connectivity index (χ2v) is 13.1. The third kappa shape index (κ3) is 7.93. The molecule has 0 aromatic heterocycles. The van der Waals surface area contributed by atoms with Crippen molar-refractivity contribution >= 4 is 17.7 Å². The molecule has 11 heteroatoms. The maximum Gasteiger partial charge on any atom is 0.409 e. The Morgan fingerprint density at radius 2 is 1.67 bits per heavy atom. The first-order valence-corrected chi connectivity index (χ1v) is 16.7.